The minimum Gasteiger partial charge on any atom is -0.389 e. The normalized spacial score (nSPS) is 14.8. The molecule has 2 atom stereocenters. The quantitative estimate of drug-likeness (QED) is 0.842. The molecule has 0 heterocycles. The average Bonchev–Trinajstić information content (AvgIpc) is 2.27. The summed E-state index contributed by atoms with van der Waals surface area (Å²) in [6, 6.07) is 8.57. The van der Waals surface area contributed by atoms with Gasteiger partial charge in [-0.1, -0.05) is 32.0 Å². The van der Waals surface area contributed by atoms with Gasteiger partial charge >= 0.3 is 0 Å². The predicted octanol–water partition coefficient (Wildman–Crippen LogP) is 3.61. The topological polar surface area (TPSA) is 23.5 Å². The average molecular weight is 235 g/mol. The summed E-state index contributed by atoms with van der Waals surface area (Å²) in [5, 5.41) is 9.79. The second-order valence-corrected chi connectivity index (χ2v) is 5.32. The van der Waals surface area contributed by atoms with Gasteiger partial charge in [-0.05, 0) is 32.3 Å². The first-order chi connectivity index (χ1) is 7.93. The van der Waals surface area contributed by atoms with E-state index in [1.54, 1.807) is 0 Å². The highest BCUT2D eigenvalue weighted by atomic mass is 16.3. The third-order valence-corrected chi connectivity index (χ3v) is 3.24. The number of aliphatic hydroxyl groups excluding tert-OH is 1. The zero-order chi connectivity index (χ0) is 13.0. The Morgan fingerprint density at radius 3 is 2.24 bits per heavy atom. The Kier molecular flexibility index (Phi) is 5.01. The molecule has 1 N–H and O–H groups in total. The maximum atomic E-state index is 9.79. The lowest BCUT2D eigenvalue weighted by Gasteiger charge is -2.30. The molecule has 1 aromatic rings. The zero-order valence-corrected chi connectivity index (χ0v) is 11.6. The van der Waals surface area contributed by atoms with Gasteiger partial charge < -0.3 is 10.0 Å². The molecule has 2 heteroatoms. The van der Waals surface area contributed by atoms with Crippen molar-refractivity contribution in [1.29, 1.82) is 0 Å². The van der Waals surface area contributed by atoms with E-state index in [-0.39, 0.29) is 0 Å². The molecule has 0 bridgehead atoms. The van der Waals surface area contributed by atoms with Crippen LogP contribution >= 0.6 is 0 Å². The second kappa shape index (κ2) is 6.06. The SMILES string of the molecule is CC(C)CC(C)N(C)c1ccccc1[C@@H](C)O. The first kappa shape index (κ1) is 14.0. The zero-order valence-electron chi connectivity index (χ0n) is 11.6. The fourth-order valence-electron chi connectivity index (χ4n) is 2.24. The van der Waals surface area contributed by atoms with Crippen LogP contribution in [0.15, 0.2) is 24.3 Å². The van der Waals surface area contributed by atoms with E-state index in [1.807, 2.05) is 25.1 Å². The minimum absolute atomic E-state index is 0.417. The first-order valence-corrected chi connectivity index (χ1v) is 6.43. The number of aliphatic hydroxyl groups is 1. The van der Waals surface area contributed by atoms with Gasteiger partial charge in [0.2, 0.25) is 0 Å². The van der Waals surface area contributed by atoms with Gasteiger partial charge in [0.05, 0.1) is 6.10 Å². The van der Waals surface area contributed by atoms with E-state index in [0.717, 1.165) is 17.7 Å². The summed E-state index contributed by atoms with van der Waals surface area (Å²) in [6.07, 6.45) is 0.741. The summed E-state index contributed by atoms with van der Waals surface area (Å²) in [4.78, 5) is 2.27. The van der Waals surface area contributed by atoms with Crippen molar-refractivity contribution < 1.29 is 5.11 Å². The van der Waals surface area contributed by atoms with Crippen molar-refractivity contribution in [2.24, 2.45) is 5.92 Å². The molecule has 0 amide bonds. The number of hydrogen-bond donors (Lipinski definition) is 1. The van der Waals surface area contributed by atoms with Crippen LogP contribution in [0.3, 0.4) is 0 Å². The van der Waals surface area contributed by atoms with Gasteiger partial charge in [-0.25, -0.2) is 0 Å². The number of benzene rings is 1. The van der Waals surface area contributed by atoms with E-state index in [0.29, 0.717) is 12.0 Å². The minimum atomic E-state index is -0.417. The first-order valence-electron chi connectivity index (χ1n) is 6.43. The van der Waals surface area contributed by atoms with Gasteiger partial charge in [-0.2, -0.15) is 0 Å². The van der Waals surface area contributed by atoms with Gasteiger partial charge in [0, 0.05) is 24.3 Å². The number of rotatable bonds is 5. The van der Waals surface area contributed by atoms with E-state index in [4.69, 9.17) is 0 Å². The van der Waals surface area contributed by atoms with Crippen LogP contribution in [-0.4, -0.2) is 18.2 Å². The molecule has 0 spiro atoms. The van der Waals surface area contributed by atoms with Crippen molar-refractivity contribution in [3.63, 3.8) is 0 Å². The standard InChI is InChI=1S/C15H25NO/c1-11(2)10-12(3)16(5)15-9-7-6-8-14(15)13(4)17/h6-9,11-13,17H,10H2,1-5H3/t12?,13-/m1/s1. The molecule has 0 aliphatic carbocycles. The van der Waals surface area contributed by atoms with Crippen molar-refractivity contribution >= 4 is 5.69 Å². The molecule has 0 saturated heterocycles. The third kappa shape index (κ3) is 3.74. The van der Waals surface area contributed by atoms with Crippen molar-refractivity contribution in [1.82, 2.24) is 0 Å². The predicted molar refractivity (Wildman–Crippen MR) is 74.4 cm³/mol. The molecule has 0 saturated carbocycles. The van der Waals surface area contributed by atoms with Crippen LogP contribution in [0.2, 0.25) is 0 Å². The van der Waals surface area contributed by atoms with Crippen molar-refractivity contribution in [3.8, 4) is 0 Å². The third-order valence-electron chi connectivity index (χ3n) is 3.24. The maximum absolute atomic E-state index is 9.79. The van der Waals surface area contributed by atoms with Crippen LogP contribution < -0.4 is 4.90 Å². The molecule has 2 nitrogen and oxygen atoms in total. The van der Waals surface area contributed by atoms with E-state index in [9.17, 15) is 5.11 Å². The summed E-state index contributed by atoms with van der Waals surface area (Å²) in [5.41, 5.74) is 2.14. The molecule has 0 aliphatic heterocycles. The second-order valence-electron chi connectivity index (χ2n) is 5.32. The Bertz CT molecular complexity index is 347. The monoisotopic (exact) mass is 235 g/mol. The molecule has 0 fully saturated rings. The van der Waals surface area contributed by atoms with Gasteiger partial charge in [0.1, 0.15) is 0 Å². The Morgan fingerprint density at radius 2 is 1.71 bits per heavy atom. The largest absolute Gasteiger partial charge is 0.389 e. The molecule has 0 aliphatic rings. The molecular formula is C15H25NO. The Morgan fingerprint density at radius 1 is 1.12 bits per heavy atom. The van der Waals surface area contributed by atoms with Crippen LogP contribution in [0.4, 0.5) is 5.69 Å². The van der Waals surface area contributed by atoms with Crippen molar-refractivity contribution in [3.05, 3.63) is 29.8 Å². The van der Waals surface area contributed by atoms with Crippen LogP contribution in [0.25, 0.3) is 0 Å². The highest BCUT2D eigenvalue weighted by Crippen LogP contribution is 2.27. The Balaban J connectivity index is 2.91. The summed E-state index contributed by atoms with van der Waals surface area (Å²) in [6.45, 7) is 8.54. The summed E-state index contributed by atoms with van der Waals surface area (Å²) in [5.74, 6) is 0.686. The molecule has 0 radical (unpaired) electrons. The Hall–Kier alpha value is -1.02. The van der Waals surface area contributed by atoms with E-state index >= 15 is 0 Å². The highest BCUT2D eigenvalue weighted by Gasteiger charge is 2.16. The van der Waals surface area contributed by atoms with Crippen LogP contribution in [0, 0.1) is 5.92 Å². The smallest absolute Gasteiger partial charge is 0.0781 e. The lowest BCUT2D eigenvalue weighted by atomic mass is 10.0. The molecule has 96 valence electrons. The van der Waals surface area contributed by atoms with E-state index in [2.05, 4.69) is 38.8 Å². The summed E-state index contributed by atoms with van der Waals surface area (Å²) in [7, 11) is 2.11. The lowest BCUT2D eigenvalue weighted by molar-refractivity contribution is 0.199. The van der Waals surface area contributed by atoms with Gasteiger partial charge in [-0.15, -0.1) is 0 Å². The highest BCUT2D eigenvalue weighted by molar-refractivity contribution is 5.54. The van der Waals surface area contributed by atoms with Crippen molar-refractivity contribution in [2.75, 3.05) is 11.9 Å². The summed E-state index contributed by atoms with van der Waals surface area (Å²) >= 11 is 0. The molecule has 17 heavy (non-hydrogen) atoms. The van der Waals surface area contributed by atoms with E-state index < -0.39 is 6.10 Å². The van der Waals surface area contributed by atoms with Gasteiger partial charge in [0.25, 0.3) is 0 Å². The Labute approximate surface area is 105 Å². The van der Waals surface area contributed by atoms with Gasteiger partial charge in [-0.3, -0.25) is 0 Å². The summed E-state index contributed by atoms with van der Waals surface area (Å²) < 4.78 is 0. The van der Waals surface area contributed by atoms with E-state index in [1.165, 1.54) is 0 Å². The van der Waals surface area contributed by atoms with Crippen LogP contribution in [0.5, 0.6) is 0 Å². The van der Waals surface area contributed by atoms with Crippen molar-refractivity contribution in [2.45, 2.75) is 46.3 Å². The number of hydrogen-bond acceptors (Lipinski definition) is 2. The lowest BCUT2D eigenvalue weighted by Crippen LogP contribution is -2.31. The van der Waals surface area contributed by atoms with Gasteiger partial charge in [0.15, 0.2) is 0 Å². The molecule has 0 aromatic heterocycles. The van der Waals surface area contributed by atoms with Crippen LogP contribution in [-0.2, 0) is 0 Å². The molecular weight excluding hydrogens is 210 g/mol. The number of nitrogens with zero attached hydrogens (tertiary/aromatic N) is 1. The maximum Gasteiger partial charge on any atom is 0.0781 e. The fraction of sp³-hybridized carbons (Fsp3) is 0.600. The number of para-hydroxylation sites is 1. The number of anilines is 1. The molecule has 1 aromatic carbocycles. The molecule has 1 rings (SSSR count). The fourth-order valence-corrected chi connectivity index (χ4v) is 2.24. The van der Waals surface area contributed by atoms with Crippen LogP contribution in [0.1, 0.15) is 45.8 Å². The molecule has 1 unspecified atom stereocenters.